The van der Waals surface area contributed by atoms with Crippen LogP contribution in [0.4, 0.5) is 4.79 Å². The molecular weight excluding hydrogens is 336 g/mol. The van der Waals surface area contributed by atoms with Gasteiger partial charge in [0.05, 0.1) is 7.11 Å². The van der Waals surface area contributed by atoms with E-state index in [-0.39, 0.29) is 19.1 Å². The Bertz CT molecular complexity index is 661. The van der Waals surface area contributed by atoms with Gasteiger partial charge in [0.25, 0.3) is 0 Å². The van der Waals surface area contributed by atoms with Crippen molar-refractivity contribution < 1.29 is 23.9 Å². The largest absolute Gasteiger partial charge is 0.467 e. The van der Waals surface area contributed by atoms with Crippen molar-refractivity contribution in [1.82, 2.24) is 10.2 Å². The van der Waals surface area contributed by atoms with Gasteiger partial charge in [0.1, 0.15) is 18.7 Å². The summed E-state index contributed by atoms with van der Waals surface area (Å²) in [7, 11) is 1.30. The molecule has 1 heterocycles. The number of benzene rings is 1. The molecule has 1 fully saturated rings. The second-order valence-corrected chi connectivity index (χ2v) is 6.08. The number of nitrogens with one attached hydrogen (secondary N) is 1. The molecule has 0 spiro atoms. The molecule has 1 aliphatic rings. The molecule has 0 aromatic heterocycles. The minimum atomic E-state index is -1.04. The number of nitrogens with zero attached hydrogens (tertiary/aromatic N) is 1. The maximum atomic E-state index is 12.5. The lowest BCUT2D eigenvalue weighted by Crippen LogP contribution is -2.55. The van der Waals surface area contributed by atoms with E-state index in [1.54, 1.807) is 6.08 Å². The Morgan fingerprint density at radius 3 is 2.69 bits per heavy atom. The van der Waals surface area contributed by atoms with Gasteiger partial charge in [-0.25, -0.2) is 9.59 Å². The van der Waals surface area contributed by atoms with Crippen molar-refractivity contribution >= 4 is 18.0 Å². The Morgan fingerprint density at radius 1 is 1.31 bits per heavy atom. The van der Waals surface area contributed by atoms with Crippen molar-refractivity contribution in [2.24, 2.45) is 0 Å². The van der Waals surface area contributed by atoms with E-state index >= 15 is 0 Å². The molecule has 1 aliphatic heterocycles. The maximum Gasteiger partial charge on any atom is 0.407 e. The van der Waals surface area contributed by atoms with Gasteiger partial charge in [-0.1, -0.05) is 36.4 Å². The smallest absolute Gasteiger partial charge is 0.407 e. The van der Waals surface area contributed by atoms with Crippen LogP contribution in [-0.4, -0.2) is 48.6 Å². The third-order valence-electron chi connectivity index (χ3n) is 4.43. The molecule has 7 heteroatoms. The normalized spacial score (nSPS) is 18.9. The molecule has 2 amide bonds. The van der Waals surface area contributed by atoms with Crippen molar-refractivity contribution in [2.75, 3.05) is 20.2 Å². The van der Waals surface area contributed by atoms with Crippen LogP contribution in [0.3, 0.4) is 0 Å². The van der Waals surface area contributed by atoms with E-state index in [1.807, 2.05) is 30.3 Å². The summed E-state index contributed by atoms with van der Waals surface area (Å²) in [6.45, 7) is 3.98. The van der Waals surface area contributed by atoms with E-state index in [1.165, 1.54) is 12.0 Å². The first-order valence-corrected chi connectivity index (χ1v) is 8.48. The van der Waals surface area contributed by atoms with Crippen molar-refractivity contribution in [2.45, 2.75) is 31.4 Å². The summed E-state index contributed by atoms with van der Waals surface area (Å²) < 4.78 is 9.97. The Hall–Kier alpha value is -2.83. The number of alkyl carbamates (subject to hydrolysis) is 1. The molecular formula is C19H24N2O5. The van der Waals surface area contributed by atoms with Crippen LogP contribution >= 0.6 is 0 Å². The van der Waals surface area contributed by atoms with Gasteiger partial charge >= 0.3 is 12.1 Å². The van der Waals surface area contributed by atoms with E-state index in [0.29, 0.717) is 25.8 Å². The number of carbonyl (C=O) groups is 3. The van der Waals surface area contributed by atoms with Crippen molar-refractivity contribution in [1.29, 1.82) is 0 Å². The van der Waals surface area contributed by atoms with Gasteiger partial charge in [0.2, 0.25) is 5.91 Å². The van der Waals surface area contributed by atoms with Crippen LogP contribution in [-0.2, 0) is 25.7 Å². The van der Waals surface area contributed by atoms with Gasteiger partial charge in [-0.3, -0.25) is 4.79 Å². The predicted molar refractivity (Wildman–Crippen MR) is 95.1 cm³/mol. The zero-order chi connectivity index (χ0) is 19.0. The van der Waals surface area contributed by atoms with Crippen molar-refractivity contribution in [3.63, 3.8) is 0 Å². The highest BCUT2D eigenvalue weighted by molar-refractivity contribution is 5.90. The minimum absolute atomic E-state index is 0.118. The first-order chi connectivity index (χ1) is 12.5. The molecule has 140 valence electrons. The van der Waals surface area contributed by atoms with Crippen LogP contribution in [0.2, 0.25) is 0 Å². The van der Waals surface area contributed by atoms with Gasteiger partial charge in [0.15, 0.2) is 0 Å². The third kappa shape index (κ3) is 4.41. The van der Waals surface area contributed by atoms with Gasteiger partial charge in [0, 0.05) is 6.54 Å². The van der Waals surface area contributed by atoms with E-state index in [9.17, 15) is 14.4 Å². The first-order valence-electron chi connectivity index (χ1n) is 8.48. The lowest BCUT2D eigenvalue weighted by molar-refractivity contribution is -0.158. The average molecular weight is 360 g/mol. The quantitative estimate of drug-likeness (QED) is 0.594. The first kappa shape index (κ1) is 19.5. The summed E-state index contributed by atoms with van der Waals surface area (Å²) in [6.07, 6.45) is 2.42. The Kier molecular flexibility index (Phi) is 6.77. The van der Waals surface area contributed by atoms with E-state index in [2.05, 4.69) is 11.9 Å². The van der Waals surface area contributed by atoms with Gasteiger partial charge in [-0.05, 0) is 24.8 Å². The highest BCUT2D eigenvalue weighted by atomic mass is 16.5. The number of methoxy groups -OCH3 is 1. The Balaban J connectivity index is 1.90. The fourth-order valence-corrected chi connectivity index (χ4v) is 3.20. The second-order valence-electron chi connectivity index (χ2n) is 6.08. The third-order valence-corrected chi connectivity index (χ3v) is 4.43. The molecule has 1 aromatic carbocycles. The van der Waals surface area contributed by atoms with Gasteiger partial charge < -0.3 is 19.7 Å². The van der Waals surface area contributed by atoms with Gasteiger partial charge in [-0.2, -0.15) is 0 Å². The maximum absolute atomic E-state index is 12.5. The molecule has 1 N–H and O–H groups in total. The van der Waals surface area contributed by atoms with Crippen LogP contribution in [0.1, 0.15) is 24.8 Å². The fourth-order valence-electron chi connectivity index (χ4n) is 3.20. The van der Waals surface area contributed by atoms with Crippen LogP contribution in [0.15, 0.2) is 43.0 Å². The number of ether oxygens (including phenoxy) is 2. The number of amides is 2. The summed E-state index contributed by atoms with van der Waals surface area (Å²) in [5.41, 5.74) is -0.187. The van der Waals surface area contributed by atoms with E-state index < -0.39 is 17.6 Å². The number of hydrogen-bond acceptors (Lipinski definition) is 5. The minimum Gasteiger partial charge on any atom is -0.467 e. The highest BCUT2D eigenvalue weighted by Crippen LogP contribution is 2.34. The number of rotatable bonds is 7. The molecule has 0 bridgehead atoms. The Morgan fingerprint density at radius 2 is 2.04 bits per heavy atom. The number of esters is 1. The molecule has 0 unspecified atom stereocenters. The topological polar surface area (TPSA) is 84.9 Å². The Labute approximate surface area is 153 Å². The molecule has 0 saturated carbocycles. The average Bonchev–Trinajstić information content (AvgIpc) is 3.09. The lowest BCUT2D eigenvalue weighted by Gasteiger charge is -2.35. The molecule has 1 atom stereocenters. The second kappa shape index (κ2) is 9.03. The fraction of sp³-hybridized carbons (Fsp3) is 0.421. The zero-order valence-corrected chi connectivity index (χ0v) is 14.9. The summed E-state index contributed by atoms with van der Waals surface area (Å²) in [5.74, 6) is -0.818. The van der Waals surface area contributed by atoms with Crippen LogP contribution < -0.4 is 5.32 Å². The summed E-state index contributed by atoms with van der Waals surface area (Å²) >= 11 is 0. The van der Waals surface area contributed by atoms with Crippen molar-refractivity contribution in [3.8, 4) is 0 Å². The van der Waals surface area contributed by atoms with Crippen LogP contribution in [0.5, 0.6) is 0 Å². The SMILES string of the molecule is C=CC[C@@]1(C(=O)OC)CCCN1C(=O)CNC(=O)OCc1ccccc1. The van der Waals surface area contributed by atoms with Crippen LogP contribution in [0.25, 0.3) is 0 Å². The number of carbonyl (C=O) groups excluding carboxylic acids is 3. The standard InChI is InChI=1S/C19H24N2O5/c1-3-10-19(17(23)25-2)11-7-12-21(19)16(22)13-20-18(24)26-14-15-8-5-4-6-9-15/h3-6,8-9H,1,7,10-14H2,2H3,(H,20,24)/t19-/m0/s1. The van der Waals surface area contributed by atoms with Crippen molar-refractivity contribution in [3.05, 3.63) is 48.6 Å². The summed E-state index contributed by atoms with van der Waals surface area (Å²) in [5, 5.41) is 2.44. The lowest BCUT2D eigenvalue weighted by atomic mass is 9.92. The van der Waals surface area contributed by atoms with Crippen LogP contribution in [0, 0.1) is 0 Å². The summed E-state index contributed by atoms with van der Waals surface area (Å²) in [6, 6.07) is 9.24. The highest BCUT2D eigenvalue weighted by Gasteiger charge is 2.49. The number of likely N-dealkylation sites (tertiary alicyclic amines) is 1. The molecule has 1 aromatic rings. The number of hydrogen-bond donors (Lipinski definition) is 1. The monoisotopic (exact) mass is 360 g/mol. The predicted octanol–water partition coefficient (Wildman–Crippen LogP) is 2.02. The molecule has 0 aliphatic carbocycles. The van der Waals surface area contributed by atoms with Gasteiger partial charge in [-0.15, -0.1) is 6.58 Å². The van der Waals surface area contributed by atoms with E-state index in [4.69, 9.17) is 9.47 Å². The zero-order valence-electron chi connectivity index (χ0n) is 14.9. The van der Waals surface area contributed by atoms with E-state index in [0.717, 1.165) is 5.56 Å². The molecule has 1 saturated heterocycles. The molecule has 26 heavy (non-hydrogen) atoms. The molecule has 7 nitrogen and oxygen atoms in total. The summed E-state index contributed by atoms with van der Waals surface area (Å²) in [4.78, 5) is 38.1. The molecule has 2 rings (SSSR count). The molecule has 0 radical (unpaired) electrons.